The smallest absolute Gasteiger partial charge is 0.287 e. The number of ether oxygens (including phenoxy) is 2. The molecule has 2 aromatic rings. The maximum atomic E-state index is 12.7. The normalized spacial score (nSPS) is 16.9. The molecule has 0 aliphatic carbocycles. The van der Waals surface area contributed by atoms with Gasteiger partial charge in [-0.1, -0.05) is 18.2 Å². The van der Waals surface area contributed by atoms with Crippen molar-refractivity contribution in [1.29, 1.82) is 0 Å². The van der Waals surface area contributed by atoms with Gasteiger partial charge in [-0.25, -0.2) is 0 Å². The monoisotopic (exact) mass is 346 g/mol. The summed E-state index contributed by atoms with van der Waals surface area (Å²) >= 11 is 0. The van der Waals surface area contributed by atoms with Crippen molar-refractivity contribution in [1.82, 2.24) is 10.2 Å². The molecule has 0 saturated carbocycles. The summed E-state index contributed by atoms with van der Waals surface area (Å²) in [6, 6.07) is 7.93. The SMILES string of the molecule is CCOCc1c(C(=O)NC[C@H](C)N2CCOCC2)oc2ccccc12. The van der Waals surface area contributed by atoms with Crippen LogP contribution >= 0.6 is 0 Å². The Hall–Kier alpha value is -1.89. The summed E-state index contributed by atoms with van der Waals surface area (Å²) in [5.41, 5.74) is 1.53. The van der Waals surface area contributed by atoms with Crippen molar-refractivity contribution in [3.05, 3.63) is 35.6 Å². The number of rotatable bonds is 7. The van der Waals surface area contributed by atoms with Gasteiger partial charge in [0.05, 0.1) is 19.8 Å². The number of para-hydroxylation sites is 1. The predicted molar refractivity (Wildman–Crippen MR) is 95.7 cm³/mol. The van der Waals surface area contributed by atoms with Gasteiger partial charge in [0.15, 0.2) is 5.76 Å². The van der Waals surface area contributed by atoms with Crippen LogP contribution in [0.4, 0.5) is 0 Å². The topological polar surface area (TPSA) is 63.9 Å². The first-order valence-corrected chi connectivity index (χ1v) is 8.88. The lowest BCUT2D eigenvalue weighted by Crippen LogP contribution is -2.47. The predicted octanol–water partition coefficient (Wildman–Crippen LogP) is 2.42. The van der Waals surface area contributed by atoms with E-state index in [-0.39, 0.29) is 11.9 Å². The minimum absolute atomic E-state index is 0.189. The molecule has 25 heavy (non-hydrogen) atoms. The van der Waals surface area contributed by atoms with Crippen LogP contribution in [0.15, 0.2) is 28.7 Å². The highest BCUT2D eigenvalue weighted by atomic mass is 16.5. The van der Waals surface area contributed by atoms with E-state index in [0.717, 1.165) is 37.3 Å². The second-order valence-corrected chi connectivity index (χ2v) is 6.25. The first kappa shape index (κ1) is 17.9. The quantitative estimate of drug-likeness (QED) is 0.834. The van der Waals surface area contributed by atoms with Crippen LogP contribution < -0.4 is 5.32 Å². The number of nitrogens with zero attached hydrogens (tertiary/aromatic N) is 1. The number of nitrogens with one attached hydrogen (secondary N) is 1. The van der Waals surface area contributed by atoms with Crippen molar-refractivity contribution in [2.75, 3.05) is 39.5 Å². The molecule has 6 heteroatoms. The molecule has 2 heterocycles. The lowest BCUT2D eigenvalue weighted by Gasteiger charge is -2.32. The molecule has 3 rings (SSSR count). The number of benzene rings is 1. The fraction of sp³-hybridized carbons (Fsp3) is 0.526. The minimum Gasteiger partial charge on any atom is -0.451 e. The van der Waals surface area contributed by atoms with E-state index in [9.17, 15) is 4.79 Å². The molecule has 6 nitrogen and oxygen atoms in total. The Labute approximate surface area is 148 Å². The number of hydrogen-bond donors (Lipinski definition) is 1. The molecular weight excluding hydrogens is 320 g/mol. The average molecular weight is 346 g/mol. The Bertz CT molecular complexity index is 707. The van der Waals surface area contributed by atoms with Crippen LogP contribution in [-0.2, 0) is 16.1 Å². The van der Waals surface area contributed by atoms with Crippen LogP contribution in [0.25, 0.3) is 11.0 Å². The molecule has 0 bridgehead atoms. The van der Waals surface area contributed by atoms with Gasteiger partial charge in [0.2, 0.25) is 0 Å². The van der Waals surface area contributed by atoms with Crippen molar-refractivity contribution in [3.63, 3.8) is 0 Å². The average Bonchev–Trinajstić information content (AvgIpc) is 3.03. The Morgan fingerprint density at radius 3 is 2.84 bits per heavy atom. The van der Waals surface area contributed by atoms with E-state index in [2.05, 4.69) is 17.1 Å². The van der Waals surface area contributed by atoms with Gasteiger partial charge in [0.1, 0.15) is 5.58 Å². The summed E-state index contributed by atoms with van der Waals surface area (Å²) in [5, 5.41) is 3.94. The van der Waals surface area contributed by atoms with Crippen LogP contribution in [0.2, 0.25) is 0 Å². The molecule has 1 aromatic heterocycles. The summed E-state index contributed by atoms with van der Waals surface area (Å²) in [6.07, 6.45) is 0. The molecule has 1 saturated heterocycles. The number of morpholine rings is 1. The molecule has 1 aliphatic rings. The van der Waals surface area contributed by atoms with Crippen molar-refractivity contribution in [2.24, 2.45) is 0 Å². The number of carbonyl (C=O) groups excluding carboxylic acids is 1. The van der Waals surface area contributed by atoms with Crippen LogP contribution in [0, 0.1) is 0 Å². The van der Waals surface area contributed by atoms with E-state index in [4.69, 9.17) is 13.9 Å². The summed E-state index contributed by atoms with van der Waals surface area (Å²) < 4.78 is 16.7. The molecule has 1 atom stereocenters. The van der Waals surface area contributed by atoms with Crippen LogP contribution in [0.1, 0.15) is 30.0 Å². The molecule has 1 aliphatic heterocycles. The van der Waals surface area contributed by atoms with E-state index in [1.54, 1.807) is 0 Å². The first-order valence-electron chi connectivity index (χ1n) is 8.88. The number of furan rings is 1. The van der Waals surface area contributed by atoms with Crippen molar-refractivity contribution in [2.45, 2.75) is 26.5 Å². The van der Waals surface area contributed by atoms with Gasteiger partial charge in [0.25, 0.3) is 5.91 Å². The highest BCUT2D eigenvalue weighted by Crippen LogP contribution is 2.26. The number of fused-ring (bicyclic) bond motifs is 1. The highest BCUT2D eigenvalue weighted by Gasteiger charge is 2.22. The van der Waals surface area contributed by atoms with Gasteiger partial charge in [-0.05, 0) is 19.9 Å². The Morgan fingerprint density at radius 1 is 1.32 bits per heavy atom. The Balaban J connectivity index is 1.70. The summed E-state index contributed by atoms with van der Waals surface area (Å²) in [5.74, 6) is 0.162. The zero-order chi connectivity index (χ0) is 17.6. The molecule has 1 N–H and O–H groups in total. The molecule has 0 radical (unpaired) electrons. The summed E-state index contributed by atoms with van der Waals surface area (Å²) in [4.78, 5) is 15.0. The van der Waals surface area contributed by atoms with E-state index >= 15 is 0 Å². The summed E-state index contributed by atoms with van der Waals surface area (Å²) in [6.45, 7) is 8.89. The van der Waals surface area contributed by atoms with E-state index < -0.39 is 0 Å². The third-order valence-corrected chi connectivity index (χ3v) is 4.58. The lowest BCUT2D eigenvalue weighted by atomic mass is 10.1. The fourth-order valence-electron chi connectivity index (χ4n) is 3.10. The van der Waals surface area contributed by atoms with Gasteiger partial charge in [0, 0.05) is 43.2 Å². The third kappa shape index (κ3) is 4.21. The van der Waals surface area contributed by atoms with Crippen molar-refractivity contribution < 1.29 is 18.7 Å². The van der Waals surface area contributed by atoms with Gasteiger partial charge in [-0.15, -0.1) is 0 Å². The maximum Gasteiger partial charge on any atom is 0.287 e. The van der Waals surface area contributed by atoms with Crippen molar-refractivity contribution in [3.8, 4) is 0 Å². The van der Waals surface area contributed by atoms with Crippen LogP contribution in [0.5, 0.6) is 0 Å². The van der Waals surface area contributed by atoms with E-state index in [0.29, 0.717) is 31.1 Å². The fourth-order valence-corrected chi connectivity index (χ4v) is 3.10. The zero-order valence-electron chi connectivity index (χ0n) is 14.9. The molecule has 1 amide bonds. The van der Waals surface area contributed by atoms with Gasteiger partial charge in [-0.2, -0.15) is 0 Å². The molecule has 1 fully saturated rings. The Morgan fingerprint density at radius 2 is 2.08 bits per heavy atom. The van der Waals surface area contributed by atoms with Crippen LogP contribution in [0.3, 0.4) is 0 Å². The lowest BCUT2D eigenvalue weighted by molar-refractivity contribution is 0.0203. The molecule has 0 spiro atoms. The highest BCUT2D eigenvalue weighted by molar-refractivity contribution is 5.99. The van der Waals surface area contributed by atoms with Gasteiger partial charge < -0.3 is 19.2 Å². The van der Waals surface area contributed by atoms with Gasteiger partial charge in [-0.3, -0.25) is 9.69 Å². The second-order valence-electron chi connectivity index (χ2n) is 6.25. The number of amides is 1. The van der Waals surface area contributed by atoms with Crippen molar-refractivity contribution >= 4 is 16.9 Å². The number of carbonyl (C=O) groups is 1. The minimum atomic E-state index is -0.189. The molecule has 136 valence electrons. The van der Waals surface area contributed by atoms with Crippen LogP contribution in [-0.4, -0.2) is 56.3 Å². The number of hydrogen-bond acceptors (Lipinski definition) is 5. The standard InChI is InChI=1S/C19H26N2O4/c1-3-23-13-16-15-6-4-5-7-17(15)25-18(16)19(22)20-12-14(2)21-8-10-24-11-9-21/h4-7,14H,3,8-13H2,1-2H3,(H,20,22)/t14-/m0/s1. The van der Waals surface area contributed by atoms with E-state index in [1.807, 2.05) is 31.2 Å². The van der Waals surface area contributed by atoms with E-state index in [1.165, 1.54) is 0 Å². The molecular formula is C19H26N2O4. The molecule has 0 unspecified atom stereocenters. The third-order valence-electron chi connectivity index (χ3n) is 4.58. The molecule has 1 aromatic carbocycles. The van der Waals surface area contributed by atoms with Gasteiger partial charge >= 0.3 is 0 Å². The Kier molecular flexibility index (Phi) is 6.07. The largest absolute Gasteiger partial charge is 0.451 e. The second kappa shape index (κ2) is 8.47. The maximum absolute atomic E-state index is 12.7. The summed E-state index contributed by atoms with van der Waals surface area (Å²) in [7, 11) is 0. The zero-order valence-corrected chi connectivity index (χ0v) is 14.9. The first-order chi connectivity index (χ1) is 12.2.